The first-order chi connectivity index (χ1) is 17.6. The van der Waals surface area contributed by atoms with Crippen molar-refractivity contribution in [2.24, 2.45) is 11.8 Å². The lowest BCUT2D eigenvalue weighted by Crippen LogP contribution is -2.44. The molecule has 0 N–H and O–H groups in total. The fourth-order valence-electron chi connectivity index (χ4n) is 6.27. The number of Topliss-reactive ketones (excluding diaryl/α,β-unsaturated/α-hetero) is 1. The zero-order valence-electron chi connectivity index (χ0n) is 19.3. The fraction of sp³-hybridized carbons (Fsp3) is 0.129. The molecule has 0 saturated carbocycles. The first-order valence-electron chi connectivity index (χ1n) is 12.1. The average molecular weight is 471 g/mol. The van der Waals surface area contributed by atoms with Gasteiger partial charge < -0.3 is 4.90 Å². The third-order valence-corrected chi connectivity index (χ3v) is 7.80. The summed E-state index contributed by atoms with van der Waals surface area (Å²) in [6.45, 7) is 0. The molecule has 0 spiro atoms. The number of benzene rings is 4. The van der Waals surface area contributed by atoms with Crippen molar-refractivity contribution >= 4 is 40.1 Å². The molecule has 36 heavy (non-hydrogen) atoms. The average Bonchev–Trinajstić information content (AvgIpc) is 3.40. The summed E-state index contributed by atoms with van der Waals surface area (Å²) in [7, 11) is 0. The molecular formula is C31H22N2O3. The Morgan fingerprint density at radius 3 is 2.25 bits per heavy atom. The Morgan fingerprint density at radius 2 is 1.39 bits per heavy atom. The molecule has 7 rings (SSSR count). The molecule has 4 atom stereocenters. The lowest BCUT2D eigenvalue weighted by molar-refractivity contribution is -0.123. The van der Waals surface area contributed by atoms with Crippen LogP contribution in [0.5, 0.6) is 0 Å². The number of hydrogen-bond acceptors (Lipinski definition) is 4. The molecule has 3 aliphatic rings. The second-order valence-corrected chi connectivity index (χ2v) is 9.57. The van der Waals surface area contributed by atoms with Gasteiger partial charge in [0.1, 0.15) is 6.04 Å². The standard InChI is InChI=1S/C31H22N2O3/c34-29(21-11-2-1-3-12-21)28-26-25(27-23-15-7-5-10-20(23)17-18-32(27)28)30(35)33(31(26)36)24-16-8-13-19-9-4-6-14-22(19)24/h1-18,25-28H/t25-,26+,27+,28+/m0/s1. The van der Waals surface area contributed by atoms with Crippen LogP contribution in [0.1, 0.15) is 27.5 Å². The number of anilines is 1. The van der Waals surface area contributed by atoms with Crippen LogP contribution in [0.2, 0.25) is 0 Å². The van der Waals surface area contributed by atoms with Crippen molar-refractivity contribution in [2.75, 3.05) is 4.90 Å². The van der Waals surface area contributed by atoms with Crippen LogP contribution >= 0.6 is 0 Å². The van der Waals surface area contributed by atoms with Crippen molar-refractivity contribution in [3.8, 4) is 0 Å². The number of imide groups is 1. The van der Waals surface area contributed by atoms with E-state index < -0.39 is 17.9 Å². The topological polar surface area (TPSA) is 57.7 Å². The summed E-state index contributed by atoms with van der Waals surface area (Å²) in [5.41, 5.74) is 3.10. The highest BCUT2D eigenvalue weighted by Gasteiger charge is 2.64. The highest BCUT2D eigenvalue weighted by Crippen LogP contribution is 2.54. The molecule has 0 aromatic heterocycles. The monoisotopic (exact) mass is 470 g/mol. The van der Waals surface area contributed by atoms with E-state index in [0.717, 1.165) is 21.9 Å². The van der Waals surface area contributed by atoms with Gasteiger partial charge in [-0.1, -0.05) is 91.0 Å². The van der Waals surface area contributed by atoms with Gasteiger partial charge in [0.15, 0.2) is 5.78 Å². The molecule has 5 nitrogen and oxygen atoms in total. The van der Waals surface area contributed by atoms with E-state index in [1.54, 1.807) is 12.1 Å². The maximum Gasteiger partial charge on any atom is 0.240 e. The summed E-state index contributed by atoms with van der Waals surface area (Å²) in [4.78, 5) is 45.5. The first-order valence-corrected chi connectivity index (χ1v) is 12.1. The Balaban J connectivity index is 1.41. The summed E-state index contributed by atoms with van der Waals surface area (Å²) in [6, 6.07) is 29.2. The fourth-order valence-corrected chi connectivity index (χ4v) is 6.27. The minimum absolute atomic E-state index is 0.141. The summed E-state index contributed by atoms with van der Waals surface area (Å²) in [5, 5.41) is 1.80. The van der Waals surface area contributed by atoms with Gasteiger partial charge in [-0.3, -0.25) is 14.4 Å². The Bertz CT molecular complexity index is 1590. The highest BCUT2D eigenvalue weighted by atomic mass is 16.2. The van der Waals surface area contributed by atoms with Gasteiger partial charge in [-0.05, 0) is 28.7 Å². The molecule has 0 unspecified atom stereocenters. The molecule has 2 fully saturated rings. The molecule has 174 valence electrons. The number of ketones is 1. The normalized spacial score (nSPS) is 24.1. The van der Waals surface area contributed by atoms with Crippen LogP contribution in [0.4, 0.5) is 5.69 Å². The number of carbonyl (C=O) groups is 3. The molecule has 0 aliphatic carbocycles. The SMILES string of the molecule is O=C(c1ccccc1)[C@H]1[C@@H]2C(=O)N(c3cccc4ccccc34)C(=O)[C@@H]2[C@H]2c3ccccc3C=CN21. The van der Waals surface area contributed by atoms with Crippen LogP contribution < -0.4 is 4.90 Å². The van der Waals surface area contributed by atoms with Gasteiger partial charge in [-0.2, -0.15) is 0 Å². The van der Waals surface area contributed by atoms with Gasteiger partial charge >= 0.3 is 0 Å². The minimum atomic E-state index is -0.773. The maximum atomic E-state index is 14.2. The van der Waals surface area contributed by atoms with Gasteiger partial charge in [-0.15, -0.1) is 0 Å². The molecule has 5 heteroatoms. The van der Waals surface area contributed by atoms with Crippen LogP contribution in [0.15, 0.2) is 103 Å². The molecule has 0 bridgehead atoms. The van der Waals surface area contributed by atoms with Crippen LogP contribution in [-0.2, 0) is 9.59 Å². The second kappa shape index (κ2) is 7.75. The molecule has 0 radical (unpaired) electrons. The Labute approximate surface area is 208 Å². The highest BCUT2D eigenvalue weighted by molar-refractivity contribution is 6.27. The summed E-state index contributed by atoms with van der Waals surface area (Å²) >= 11 is 0. The minimum Gasteiger partial charge on any atom is -0.358 e. The third-order valence-electron chi connectivity index (χ3n) is 7.80. The summed E-state index contributed by atoms with van der Waals surface area (Å²) in [6.07, 6.45) is 3.86. The lowest BCUT2D eigenvalue weighted by Gasteiger charge is -2.35. The largest absolute Gasteiger partial charge is 0.358 e. The van der Waals surface area contributed by atoms with Crippen molar-refractivity contribution in [1.82, 2.24) is 4.90 Å². The van der Waals surface area contributed by atoms with Crippen LogP contribution in [0.3, 0.4) is 0 Å². The molecule has 4 aromatic carbocycles. The quantitative estimate of drug-likeness (QED) is 0.304. The van der Waals surface area contributed by atoms with E-state index in [9.17, 15) is 14.4 Å². The molecule has 2 amide bonds. The Kier molecular flexibility index (Phi) is 4.48. The number of fused-ring (bicyclic) bond motifs is 6. The predicted octanol–water partition coefficient (Wildman–Crippen LogP) is 5.24. The molecule has 3 aliphatic heterocycles. The van der Waals surface area contributed by atoms with E-state index in [1.807, 2.05) is 102 Å². The van der Waals surface area contributed by atoms with Crippen LogP contribution in [0, 0.1) is 11.8 Å². The van der Waals surface area contributed by atoms with E-state index in [1.165, 1.54) is 4.90 Å². The van der Waals surface area contributed by atoms with Crippen molar-refractivity contribution < 1.29 is 14.4 Å². The zero-order valence-corrected chi connectivity index (χ0v) is 19.3. The molecule has 3 heterocycles. The number of amides is 2. The third kappa shape index (κ3) is 2.80. The van der Waals surface area contributed by atoms with Crippen molar-refractivity contribution in [3.05, 3.63) is 120 Å². The van der Waals surface area contributed by atoms with Gasteiger partial charge in [0, 0.05) is 17.1 Å². The summed E-state index contributed by atoms with van der Waals surface area (Å²) in [5.74, 6) is -2.12. The Morgan fingerprint density at radius 1 is 0.694 bits per heavy atom. The summed E-state index contributed by atoms with van der Waals surface area (Å²) < 4.78 is 0. The molecule has 4 aromatic rings. The van der Waals surface area contributed by atoms with Gasteiger partial charge in [0.25, 0.3) is 0 Å². The number of rotatable bonds is 3. The Hall–Kier alpha value is -4.51. The number of hydrogen-bond donors (Lipinski definition) is 0. The van der Waals surface area contributed by atoms with Gasteiger partial charge in [-0.25, -0.2) is 4.90 Å². The predicted molar refractivity (Wildman–Crippen MR) is 138 cm³/mol. The van der Waals surface area contributed by atoms with Crippen molar-refractivity contribution in [1.29, 1.82) is 0 Å². The van der Waals surface area contributed by atoms with Crippen molar-refractivity contribution in [2.45, 2.75) is 12.1 Å². The van der Waals surface area contributed by atoms with E-state index in [0.29, 0.717) is 11.3 Å². The van der Waals surface area contributed by atoms with Gasteiger partial charge in [0.05, 0.1) is 23.6 Å². The van der Waals surface area contributed by atoms with Crippen LogP contribution in [-0.4, -0.2) is 28.5 Å². The smallest absolute Gasteiger partial charge is 0.240 e. The van der Waals surface area contributed by atoms with Crippen molar-refractivity contribution in [3.63, 3.8) is 0 Å². The zero-order chi connectivity index (χ0) is 24.4. The second-order valence-electron chi connectivity index (χ2n) is 9.57. The van der Waals surface area contributed by atoms with Gasteiger partial charge in [0.2, 0.25) is 11.8 Å². The maximum absolute atomic E-state index is 14.2. The molecular weight excluding hydrogens is 448 g/mol. The number of carbonyl (C=O) groups excluding carboxylic acids is 3. The van der Waals surface area contributed by atoms with E-state index in [2.05, 4.69) is 0 Å². The first kappa shape index (κ1) is 20.8. The van der Waals surface area contributed by atoms with Crippen LogP contribution in [0.25, 0.3) is 16.8 Å². The number of nitrogens with zero attached hydrogens (tertiary/aromatic N) is 2. The van der Waals surface area contributed by atoms with E-state index >= 15 is 0 Å². The molecule has 2 saturated heterocycles. The lowest BCUT2D eigenvalue weighted by atomic mass is 9.83. The van der Waals surface area contributed by atoms with E-state index in [-0.39, 0.29) is 23.6 Å². The van der Waals surface area contributed by atoms with E-state index in [4.69, 9.17) is 0 Å².